The van der Waals surface area contributed by atoms with Crippen LogP contribution < -0.4 is 5.32 Å². The van der Waals surface area contributed by atoms with Crippen molar-refractivity contribution in [2.75, 3.05) is 0 Å². The number of rotatable bonds is 6. The second kappa shape index (κ2) is 8.11. The molecule has 1 amide bonds. The van der Waals surface area contributed by atoms with E-state index in [9.17, 15) is 4.79 Å². The van der Waals surface area contributed by atoms with Crippen molar-refractivity contribution in [2.45, 2.75) is 50.6 Å². The lowest BCUT2D eigenvalue weighted by molar-refractivity contribution is -0.122. The molecule has 1 N–H and O–H groups in total. The van der Waals surface area contributed by atoms with Crippen LogP contribution in [-0.4, -0.2) is 36.9 Å². The summed E-state index contributed by atoms with van der Waals surface area (Å²) in [6.45, 7) is 0. The first kappa shape index (κ1) is 17.4. The van der Waals surface area contributed by atoms with Gasteiger partial charge in [0.2, 0.25) is 5.91 Å². The van der Waals surface area contributed by atoms with Crippen LogP contribution in [0.5, 0.6) is 0 Å². The fraction of sp³-hybridized carbons (Fsp3) is 0.421. The molecule has 1 saturated carbocycles. The van der Waals surface area contributed by atoms with Gasteiger partial charge in [0.15, 0.2) is 0 Å². The molecule has 0 aromatic carbocycles. The summed E-state index contributed by atoms with van der Waals surface area (Å²) in [6.07, 6.45) is 13.7. The third-order valence-electron chi connectivity index (χ3n) is 5.00. The fourth-order valence-corrected chi connectivity index (χ4v) is 3.52. The van der Waals surface area contributed by atoms with Gasteiger partial charge in [0.05, 0.1) is 24.1 Å². The molecule has 8 nitrogen and oxygen atoms in total. The predicted octanol–water partition coefficient (Wildman–Crippen LogP) is 2.56. The number of aryl methyl sites for hydroxylation is 1. The number of nitrogens with one attached hydrogen (secondary N) is 1. The lowest BCUT2D eigenvalue weighted by Crippen LogP contribution is -2.38. The molecule has 1 fully saturated rings. The summed E-state index contributed by atoms with van der Waals surface area (Å²) in [7, 11) is 0. The van der Waals surface area contributed by atoms with E-state index in [1.54, 1.807) is 24.8 Å². The highest BCUT2D eigenvalue weighted by atomic mass is 16.5. The third-order valence-corrected chi connectivity index (χ3v) is 5.00. The quantitative estimate of drug-likeness (QED) is 0.720. The molecule has 4 rings (SSSR count). The van der Waals surface area contributed by atoms with Crippen LogP contribution in [0, 0.1) is 0 Å². The smallest absolute Gasteiger partial charge is 0.220 e. The number of aromatic nitrogens is 5. The van der Waals surface area contributed by atoms with Crippen LogP contribution in [0.4, 0.5) is 0 Å². The van der Waals surface area contributed by atoms with E-state index < -0.39 is 0 Å². The minimum Gasteiger partial charge on any atom is -0.361 e. The monoisotopic (exact) mass is 366 g/mol. The summed E-state index contributed by atoms with van der Waals surface area (Å²) in [6, 6.07) is 4.27. The summed E-state index contributed by atoms with van der Waals surface area (Å²) >= 11 is 0. The van der Waals surface area contributed by atoms with Crippen LogP contribution in [-0.2, 0) is 11.2 Å². The second-order valence-electron chi connectivity index (χ2n) is 6.86. The van der Waals surface area contributed by atoms with Crippen LogP contribution in [0.3, 0.4) is 0 Å². The molecular formula is C19H22N6O2. The highest BCUT2D eigenvalue weighted by molar-refractivity contribution is 5.76. The molecule has 27 heavy (non-hydrogen) atoms. The Kier molecular flexibility index (Phi) is 5.22. The Balaban J connectivity index is 1.25. The topological polar surface area (TPSA) is 98.7 Å². The molecule has 0 radical (unpaired) electrons. The molecule has 3 heterocycles. The Morgan fingerprint density at radius 1 is 1.22 bits per heavy atom. The number of amides is 1. The first-order chi connectivity index (χ1) is 13.3. The van der Waals surface area contributed by atoms with Crippen LogP contribution >= 0.6 is 0 Å². The summed E-state index contributed by atoms with van der Waals surface area (Å²) in [5, 5.41) is 11.3. The summed E-state index contributed by atoms with van der Waals surface area (Å²) in [5.74, 6) is 0.812. The molecule has 1 aliphatic rings. The van der Waals surface area contributed by atoms with E-state index in [1.807, 2.05) is 23.1 Å². The van der Waals surface area contributed by atoms with Gasteiger partial charge in [0, 0.05) is 42.9 Å². The van der Waals surface area contributed by atoms with E-state index in [-0.39, 0.29) is 11.9 Å². The van der Waals surface area contributed by atoms with Gasteiger partial charge in [-0.3, -0.25) is 9.48 Å². The zero-order chi connectivity index (χ0) is 18.5. The Bertz CT molecular complexity index is 853. The summed E-state index contributed by atoms with van der Waals surface area (Å²) < 4.78 is 7.05. The van der Waals surface area contributed by atoms with Crippen LogP contribution in [0.25, 0.3) is 11.3 Å². The normalized spacial score (nSPS) is 19.7. The van der Waals surface area contributed by atoms with E-state index >= 15 is 0 Å². The van der Waals surface area contributed by atoms with E-state index in [4.69, 9.17) is 4.52 Å². The van der Waals surface area contributed by atoms with Gasteiger partial charge < -0.3 is 9.84 Å². The molecule has 0 spiro atoms. The molecule has 8 heteroatoms. The average molecular weight is 366 g/mol. The minimum absolute atomic E-state index is 0.0694. The number of hydrogen-bond donors (Lipinski definition) is 1. The van der Waals surface area contributed by atoms with Crippen molar-refractivity contribution in [1.29, 1.82) is 0 Å². The van der Waals surface area contributed by atoms with Gasteiger partial charge >= 0.3 is 0 Å². The van der Waals surface area contributed by atoms with Crippen molar-refractivity contribution in [1.82, 2.24) is 30.2 Å². The standard InChI is InChI=1S/C19H22N6O2/c26-19(6-5-17-7-10-23-27-17)24-15-1-3-16(4-2-15)25-12-14(11-22-25)18-8-9-20-13-21-18/h7-13,15-16H,1-6H2,(H,24,26). The van der Waals surface area contributed by atoms with Crippen molar-refractivity contribution >= 4 is 5.91 Å². The maximum atomic E-state index is 12.1. The molecule has 0 saturated heterocycles. The van der Waals surface area contributed by atoms with Crippen molar-refractivity contribution in [2.24, 2.45) is 0 Å². The maximum absolute atomic E-state index is 12.1. The molecule has 0 atom stereocenters. The molecule has 1 aliphatic carbocycles. The van der Waals surface area contributed by atoms with E-state index in [0.717, 1.165) is 42.7 Å². The Hall–Kier alpha value is -3.03. The first-order valence-corrected chi connectivity index (χ1v) is 9.27. The number of hydrogen-bond acceptors (Lipinski definition) is 6. The zero-order valence-corrected chi connectivity index (χ0v) is 15.0. The Morgan fingerprint density at radius 3 is 2.85 bits per heavy atom. The van der Waals surface area contributed by atoms with Crippen molar-refractivity contribution in [3.05, 3.63) is 49.0 Å². The molecule has 140 valence electrons. The third kappa shape index (κ3) is 4.39. The fourth-order valence-electron chi connectivity index (χ4n) is 3.52. The molecule has 0 aliphatic heterocycles. The van der Waals surface area contributed by atoms with E-state index in [1.165, 1.54) is 0 Å². The number of nitrogens with zero attached hydrogens (tertiary/aromatic N) is 5. The number of carbonyl (C=O) groups excluding carboxylic acids is 1. The molecule has 3 aromatic rings. The summed E-state index contributed by atoms with van der Waals surface area (Å²) in [5.41, 5.74) is 1.88. The molecule has 0 bridgehead atoms. The van der Waals surface area contributed by atoms with Crippen LogP contribution in [0.15, 0.2) is 47.8 Å². The highest BCUT2D eigenvalue weighted by Crippen LogP contribution is 2.29. The van der Waals surface area contributed by atoms with Crippen molar-refractivity contribution in [3.63, 3.8) is 0 Å². The Labute approximate surface area is 157 Å². The van der Waals surface area contributed by atoms with Gasteiger partial charge in [-0.1, -0.05) is 5.16 Å². The minimum atomic E-state index is 0.0694. The van der Waals surface area contributed by atoms with E-state index in [0.29, 0.717) is 18.9 Å². The van der Waals surface area contributed by atoms with Crippen LogP contribution in [0.2, 0.25) is 0 Å². The van der Waals surface area contributed by atoms with E-state index in [2.05, 4.69) is 25.5 Å². The first-order valence-electron chi connectivity index (χ1n) is 9.27. The maximum Gasteiger partial charge on any atom is 0.220 e. The molecule has 3 aromatic heterocycles. The van der Waals surface area contributed by atoms with Gasteiger partial charge in [0.25, 0.3) is 0 Å². The van der Waals surface area contributed by atoms with Gasteiger partial charge in [-0.15, -0.1) is 0 Å². The Morgan fingerprint density at radius 2 is 2.11 bits per heavy atom. The largest absolute Gasteiger partial charge is 0.361 e. The van der Waals surface area contributed by atoms with Crippen molar-refractivity contribution in [3.8, 4) is 11.3 Å². The lowest BCUT2D eigenvalue weighted by Gasteiger charge is -2.29. The molecular weight excluding hydrogens is 344 g/mol. The SMILES string of the molecule is O=C(CCc1ccno1)NC1CCC(n2cc(-c3ccncn3)cn2)CC1. The van der Waals surface area contributed by atoms with Gasteiger partial charge in [0.1, 0.15) is 12.1 Å². The van der Waals surface area contributed by atoms with Gasteiger partial charge in [-0.2, -0.15) is 5.10 Å². The lowest BCUT2D eigenvalue weighted by atomic mass is 9.91. The molecule has 0 unspecified atom stereocenters. The zero-order valence-electron chi connectivity index (χ0n) is 15.0. The van der Waals surface area contributed by atoms with Crippen molar-refractivity contribution < 1.29 is 9.32 Å². The predicted molar refractivity (Wildman–Crippen MR) is 97.5 cm³/mol. The number of carbonyl (C=O) groups is 1. The highest BCUT2D eigenvalue weighted by Gasteiger charge is 2.24. The average Bonchev–Trinajstić information content (AvgIpc) is 3.40. The second-order valence-corrected chi connectivity index (χ2v) is 6.86. The van der Waals surface area contributed by atoms with Gasteiger partial charge in [-0.05, 0) is 31.7 Å². The van der Waals surface area contributed by atoms with Crippen LogP contribution in [0.1, 0.15) is 43.9 Å². The van der Waals surface area contributed by atoms with Gasteiger partial charge in [-0.25, -0.2) is 9.97 Å². The summed E-state index contributed by atoms with van der Waals surface area (Å²) in [4.78, 5) is 20.3.